The van der Waals surface area contributed by atoms with Crippen molar-refractivity contribution < 1.29 is 9.53 Å². The second-order valence-electron chi connectivity index (χ2n) is 7.46. The van der Waals surface area contributed by atoms with Gasteiger partial charge in [0.15, 0.2) is 0 Å². The van der Waals surface area contributed by atoms with Crippen LogP contribution in [0.15, 0.2) is 12.4 Å². The topological polar surface area (TPSA) is 50.6 Å². The fraction of sp³-hybridized carbons (Fsp3) is 0.765. The SMILES string of the molecule is CCn1cc(CN2C[C@@H](C)N(C(=O)OC(C)(C)C)C[C@H]2C)cn1. The molecule has 6 heteroatoms. The first kappa shape index (κ1) is 17.8. The highest BCUT2D eigenvalue weighted by molar-refractivity contribution is 5.68. The average molecular weight is 322 g/mol. The molecule has 1 aromatic rings. The molecule has 0 saturated carbocycles. The second-order valence-corrected chi connectivity index (χ2v) is 7.46. The summed E-state index contributed by atoms with van der Waals surface area (Å²) < 4.78 is 7.47. The number of aryl methyl sites for hydroxylation is 1. The molecule has 130 valence electrons. The van der Waals surface area contributed by atoms with E-state index in [0.717, 1.165) is 19.6 Å². The highest BCUT2D eigenvalue weighted by atomic mass is 16.6. The maximum Gasteiger partial charge on any atom is 0.410 e. The van der Waals surface area contributed by atoms with Crippen molar-refractivity contribution in [2.24, 2.45) is 0 Å². The lowest BCUT2D eigenvalue weighted by Crippen LogP contribution is -2.58. The van der Waals surface area contributed by atoms with Crippen molar-refractivity contribution >= 4 is 6.09 Å². The summed E-state index contributed by atoms with van der Waals surface area (Å²) in [5.74, 6) is 0. The molecule has 0 N–H and O–H groups in total. The van der Waals surface area contributed by atoms with E-state index >= 15 is 0 Å². The zero-order chi connectivity index (χ0) is 17.2. The normalized spacial score (nSPS) is 23.1. The van der Waals surface area contributed by atoms with E-state index in [9.17, 15) is 4.79 Å². The summed E-state index contributed by atoms with van der Waals surface area (Å²) in [6.07, 6.45) is 3.81. The second kappa shape index (κ2) is 6.91. The van der Waals surface area contributed by atoms with Crippen molar-refractivity contribution in [1.82, 2.24) is 19.6 Å². The summed E-state index contributed by atoms with van der Waals surface area (Å²) in [5, 5.41) is 4.33. The molecule has 6 nitrogen and oxygen atoms in total. The van der Waals surface area contributed by atoms with Crippen molar-refractivity contribution in [2.75, 3.05) is 13.1 Å². The molecule has 0 bridgehead atoms. The molecule has 1 aliphatic rings. The fourth-order valence-electron chi connectivity index (χ4n) is 2.89. The summed E-state index contributed by atoms with van der Waals surface area (Å²) in [5.41, 5.74) is 0.767. The van der Waals surface area contributed by atoms with Gasteiger partial charge in [-0.25, -0.2) is 4.79 Å². The number of ether oxygens (including phenoxy) is 1. The third kappa shape index (κ3) is 4.70. The van der Waals surface area contributed by atoms with Gasteiger partial charge in [0.2, 0.25) is 0 Å². The minimum absolute atomic E-state index is 0.141. The Morgan fingerprint density at radius 1 is 1.30 bits per heavy atom. The van der Waals surface area contributed by atoms with E-state index in [2.05, 4.69) is 37.0 Å². The first-order valence-corrected chi connectivity index (χ1v) is 8.44. The maximum absolute atomic E-state index is 12.3. The Labute approximate surface area is 139 Å². The van der Waals surface area contributed by atoms with Crippen LogP contribution in [-0.2, 0) is 17.8 Å². The summed E-state index contributed by atoms with van der Waals surface area (Å²) in [6, 6.07) is 0.436. The number of rotatable bonds is 3. The Morgan fingerprint density at radius 2 is 2.00 bits per heavy atom. The highest BCUT2D eigenvalue weighted by Crippen LogP contribution is 2.20. The molecule has 0 spiro atoms. The van der Waals surface area contributed by atoms with Crippen LogP contribution in [0.1, 0.15) is 47.1 Å². The van der Waals surface area contributed by atoms with Gasteiger partial charge in [-0.3, -0.25) is 9.58 Å². The predicted octanol–water partition coefficient (Wildman–Crippen LogP) is 2.73. The molecule has 1 aromatic heterocycles. The molecule has 23 heavy (non-hydrogen) atoms. The largest absolute Gasteiger partial charge is 0.444 e. The van der Waals surface area contributed by atoms with Crippen molar-refractivity contribution in [3.05, 3.63) is 18.0 Å². The number of amides is 1. The van der Waals surface area contributed by atoms with Crippen LogP contribution in [0.2, 0.25) is 0 Å². The molecule has 1 fully saturated rings. The lowest BCUT2D eigenvalue weighted by molar-refractivity contribution is -0.0117. The summed E-state index contributed by atoms with van der Waals surface area (Å²) in [6.45, 7) is 15.3. The van der Waals surface area contributed by atoms with Gasteiger partial charge >= 0.3 is 6.09 Å². The Kier molecular flexibility index (Phi) is 5.34. The van der Waals surface area contributed by atoms with Crippen molar-refractivity contribution in [3.8, 4) is 0 Å². The van der Waals surface area contributed by atoms with Crippen LogP contribution in [-0.4, -0.2) is 56.4 Å². The average Bonchev–Trinajstić information content (AvgIpc) is 2.88. The molecule has 2 atom stereocenters. The molecular formula is C17H30N4O2. The molecule has 2 rings (SSSR count). The number of hydrogen-bond donors (Lipinski definition) is 0. The molecule has 0 aromatic carbocycles. The quantitative estimate of drug-likeness (QED) is 0.858. The lowest BCUT2D eigenvalue weighted by atomic mass is 10.1. The third-order valence-electron chi connectivity index (χ3n) is 4.14. The maximum atomic E-state index is 12.3. The van der Waals surface area contributed by atoms with Crippen molar-refractivity contribution in [2.45, 2.75) is 72.3 Å². The van der Waals surface area contributed by atoms with E-state index in [1.807, 2.05) is 36.5 Å². The van der Waals surface area contributed by atoms with E-state index < -0.39 is 5.60 Å². The predicted molar refractivity (Wildman–Crippen MR) is 90.2 cm³/mol. The number of hydrogen-bond acceptors (Lipinski definition) is 4. The van der Waals surface area contributed by atoms with Gasteiger partial charge in [0.05, 0.1) is 6.20 Å². The molecule has 1 saturated heterocycles. The lowest BCUT2D eigenvalue weighted by Gasteiger charge is -2.44. The summed E-state index contributed by atoms with van der Waals surface area (Å²) in [7, 11) is 0. The fourth-order valence-corrected chi connectivity index (χ4v) is 2.89. The van der Waals surface area contributed by atoms with Crippen LogP contribution < -0.4 is 0 Å². The van der Waals surface area contributed by atoms with Gasteiger partial charge in [-0.1, -0.05) is 0 Å². The monoisotopic (exact) mass is 322 g/mol. The number of aromatic nitrogens is 2. The van der Waals surface area contributed by atoms with Crippen molar-refractivity contribution in [1.29, 1.82) is 0 Å². The Hall–Kier alpha value is -1.56. The van der Waals surface area contributed by atoms with Gasteiger partial charge < -0.3 is 9.64 Å². The summed E-state index contributed by atoms with van der Waals surface area (Å²) >= 11 is 0. The molecule has 1 aliphatic heterocycles. The van der Waals surface area contributed by atoms with E-state index in [0.29, 0.717) is 12.6 Å². The van der Waals surface area contributed by atoms with E-state index in [4.69, 9.17) is 4.74 Å². The number of carbonyl (C=O) groups is 1. The number of piperazine rings is 1. The van der Waals surface area contributed by atoms with Crippen LogP contribution in [0.5, 0.6) is 0 Å². The Morgan fingerprint density at radius 3 is 2.57 bits per heavy atom. The Bertz CT molecular complexity index is 535. The van der Waals surface area contributed by atoms with Gasteiger partial charge in [0.1, 0.15) is 5.60 Å². The van der Waals surface area contributed by atoms with E-state index in [-0.39, 0.29) is 12.1 Å². The number of nitrogens with zero attached hydrogens (tertiary/aromatic N) is 4. The zero-order valence-electron chi connectivity index (χ0n) is 15.2. The smallest absolute Gasteiger partial charge is 0.410 e. The van der Waals surface area contributed by atoms with Crippen LogP contribution in [0, 0.1) is 0 Å². The molecule has 0 aliphatic carbocycles. The first-order valence-electron chi connectivity index (χ1n) is 8.44. The van der Waals surface area contributed by atoms with Crippen molar-refractivity contribution in [3.63, 3.8) is 0 Å². The third-order valence-corrected chi connectivity index (χ3v) is 4.14. The van der Waals surface area contributed by atoms with Gasteiger partial charge in [-0.05, 0) is 41.5 Å². The van der Waals surface area contributed by atoms with Gasteiger partial charge in [0, 0.05) is 50.0 Å². The summed E-state index contributed by atoms with van der Waals surface area (Å²) in [4.78, 5) is 16.6. The van der Waals surface area contributed by atoms with Crippen LogP contribution in [0.25, 0.3) is 0 Å². The molecule has 0 radical (unpaired) electrons. The van der Waals surface area contributed by atoms with E-state index in [1.165, 1.54) is 5.56 Å². The van der Waals surface area contributed by atoms with E-state index in [1.54, 1.807) is 0 Å². The van der Waals surface area contributed by atoms with Crippen LogP contribution in [0.3, 0.4) is 0 Å². The Balaban J connectivity index is 1.97. The standard InChI is InChI=1S/C17H30N4O2/c1-7-20-12-15(8-18-20)11-19-9-14(3)21(10-13(19)2)16(22)23-17(4,5)6/h8,12-14H,7,9-11H2,1-6H3/t13-,14-/m1/s1. The van der Waals surface area contributed by atoms with Gasteiger partial charge in [-0.2, -0.15) is 5.10 Å². The van der Waals surface area contributed by atoms with Gasteiger partial charge in [0.25, 0.3) is 0 Å². The first-order chi connectivity index (χ1) is 10.7. The highest BCUT2D eigenvalue weighted by Gasteiger charge is 2.34. The van der Waals surface area contributed by atoms with Gasteiger partial charge in [-0.15, -0.1) is 0 Å². The van der Waals surface area contributed by atoms with Crippen LogP contribution >= 0.6 is 0 Å². The van der Waals surface area contributed by atoms with Crippen LogP contribution in [0.4, 0.5) is 4.79 Å². The molecule has 1 amide bonds. The minimum Gasteiger partial charge on any atom is -0.444 e. The molecular weight excluding hydrogens is 292 g/mol. The number of carbonyl (C=O) groups excluding carboxylic acids is 1. The minimum atomic E-state index is -0.452. The molecule has 0 unspecified atom stereocenters. The zero-order valence-corrected chi connectivity index (χ0v) is 15.2. The molecule has 2 heterocycles.